The summed E-state index contributed by atoms with van der Waals surface area (Å²) in [7, 11) is 0. The van der Waals surface area contributed by atoms with Crippen LogP contribution in [-0.4, -0.2) is 26.7 Å². The Bertz CT molecular complexity index is 493. The van der Waals surface area contributed by atoms with Crippen LogP contribution in [0.5, 0.6) is 0 Å². The molecule has 1 saturated heterocycles. The molecule has 1 N–H and O–H groups in total. The minimum Gasteiger partial charge on any atom is -0.347 e. The van der Waals surface area contributed by atoms with Crippen LogP contribution in [0.1, 0.15) is 30.1 Å². The Morgan fingerprint density at radius 3 is 3.00 bits per heavy atom. The van der Waals surface area contributed by atoms with Gasteiger partial charge in [0, 0.05) is 18.9 Å². The van der Waals surface area contributed by atoms with Crippen LogP contribution in [0.3, 0.4) is 0 Å². The van der Waals surface area contributed by atoms with E-state index in [9.17, 15) is 0 Å². The van der Waals surface area contributed by atoms with Gasteiger partial charge in [-0.3, -0.25) is 10.1 Å². The van der Waals surface area contributed by atoms with Crippen molar-refractivity contribution < 1.29 is 0 Å². The third kappa shape index (κ3) is 1.77. The third-order valence-corrected chi connectivity index (χ3v) is 3.30. The number of hydrogen-bond donors (Lipinski definition) is 1. The molecular weight excluding hydrogens is 214 g/mol. The molecule has 3 rings (SSSR count). The van der Waals surface area contributed by atoms with Crippen molar-refractivity contribution in [2.45, 2.75) is 25.8 Å². The SMILES string of the molecule is Cc1cn[nH]c1C1CCCN1c1cnccn1. The fourth-order valence-electron chi connectivity index (χ4n) is 2.47. The number of anilines is 1. The molecule has 1 unspecified atom stereocenters. The van der Waals surface area contributed by atoms with E-state index in [0.29, 0.717) is 6.04 Å². The second-order valence-corrected chi connectivity index (χ2v) is 4.38. The molecule has 3 heterocycles. The fraction of sp³-hybridized carbons (Fsp3) is 0.417. The van der Waals surface area contributed by atoms with Crippen molar-refractivity contribution in [2.75, 3.05) is 11.4 Å². The monoisotopic (exact) mass is 229 g/mol. The summed E-state index contributed by atoms with van der Waals surface area (Å²) < 4.78 is 0. The molecule has 88 valence electrons. The maximum Gasteiger partial charge on any atom is 0.147 e. The highest BCUT2D eigenvalue weighted by Gasteiger charge is 2.29. The van der Waals surface area contributed by atoms with Crippen LogP contribution in [0.4, 0.5) is 5.82 Å². The first kappa shape index (κ1) is 10.3. The second-order valence-electron chi connectivity index (χ2n) is 4.38. The summed E-state index contributed by atoms with van der Waals surface area (Å²) in [6.45, 7) is 3.12. The van der Waals surface area contributed by atoms with Crippen molar-refractivity contribution in [1.29, 1.82) is 0 Å². The minimum absolute atomic E-state index is 0.356. The number of aryl methyl sites for hydroxylation is 1. The number of nitrogens with one attached hydrogen (secondary N) is 1. The topological polar surface area (TPSA) is 57.7 Å². The van der Waals surface area contributed by atoms with Crippen LogP contribution < -0.4 is 4.90 Å². The molecule has 5 nitrogen and oxygen atoms in total. The molecule has 0 radical (unpaired) electrons. The van der Waals surface area contributed by atoms with E-state index in [1.54, 1.807) is 12.4 Å². The third-order valence-electron chi connectivity index (χ3n) is 3.30. The zero-order chi connectivity index (χ0) is 11.7. The highest BCUT2D eigenvalue weighted by atomic mass is 15.3. The van der Waals surface area contributed by atoms with Crippen molar-refractivity contribution in [3.63, 3.8) is 0 Å². The van der Waals surface area contributed by atoms with E-state index in [2.05, 4.69) is 32.0 Å². The number of H-pyrrole nitrogens is 1. The quantitative estimate of drug-likeness (QED) is 0.853. The fourth-order valence-corrected chi connectivity index (χ4v) is 2.47. The summed E-state index contributed by atoms with van der Waals surface area (Å²) >= 11 is 0. The second kappa shape index (κ2) is 4.16. The van der Waals surface area contributed by atoms with E-state index >= 15 is 0 Å². The van der Waals surface area contributed by atoms with Crippen molar-refractivity contribution in [1.82, 2.24) is 20.2 Å². The standard InChI is InChI=1S/C12H15N5/c1-9-7-15-16-12(9)10-3-2-6-17(10)11-8-13-4-5-14-11/h4-5,7-8,10H,2-3,6H2,1H3,(H,15,16). The number of aromatic amines is 1. The van der Waals surface area contributed by atoms with Crippen molar-refractivity contribution in [3.8, 4) is 0 Å². The maximum absolute atomic E-state index is 4.38. The molecule has 0 aromatic carbocycles. The van der Waals surface area contributed by atoms with E-state index in [0.717, 1.165) is 18.8 Å². The summed E-state index contributed by atoms with van der Waals surface area (Å²) in [5.74, 6) is 0.948. The normalized spacial score (nSPS) is 19.8. The number of aromatic nitrogens is 4. The van der Waals surface area contributed by atoms with Gasteiger partial charge in [0.2, 0.25) is 0 Å². The Morgan fingerprint density at radius 2 is 2.29 bits per heavy atom. The smallest absolute Gasteiger partial charge is 0.147 e. The van der Waals surface area contributed by atoms with Gasteiger partial charge in [0.05, 0.1) is 24.1 Å². The summed E-state index contributed by atoms with van der Waals surface area (Å²) in [5.41, 5.74) is 2.42. The molecule has 0 spiro atoms. The van der Waals surface area contributed by atoms with Gasteiger partial charge in [-0.15, -0.1) is 0 Å². The molecular formula is C12H15N5. The minimum atomic E-state index is 0.356. The van der Waals surface area contributed by atoms with Gasteiger partial charge in [-0.05, 0) is 25.3 Å². The van der Waals surface area contributed by atoms with Crippen molar-refractivity contribution in [2.24, 2.45) is 0 Å². The molecule has 1 aliphatic rings. The van der Waals surface area contributed by atoms with Crippen LogP contribution in [-0.2, 0) is 0 Å². The highest BCUT2D eigenvalue weighted by molar-refractivity contribution is 5.41. The summed E-state index contributed by atoms with van der Waals surface area (Å²) in [6, 6.07) is 0.356. The lowest BCUT2D eigenvalue weighted by atomic mass is 10.1. The van der Waals surface area contributed by atoms with Crippen molar-refractivity contribution in [3.05, 3.63) is 36.0 Å². The number of rotatable bonds is 2. The van der Waals surface area contributed by atoms with Crippen molar-refractivity contribution >= 4 is 5.82 Å². The van der Waals surface area contributed by atoms with Gasteiger partial charge >= 0.3 is 0 Å². The van der Waals surface area contributed by atoms with E-state index in [1.165, 1.54) is 17.7 Å². The molecule has 5 heteroatoms. The average molecular weight is 229 g/mol. The lowest BCUT2D eigenvalue weighted by Gasteiger charge is -2.24. The molecule has 1 atom stereocenters. The van der Waals surface area contributed by atoms with E-state index in [4.69, 9.17) is 0 Å². The molecule has 0 aliphatic carbocycles. The molecule has 2 aromatic rings. The molecule has 0 saturated carbocycles. The zero-order valence-electron chi connectivity index (χ0n) is 9.80. The number of hydrogen-bond acceptors (Lipinski definition) is 4. The Balaban J connectivity index is 1.93. The molecule has 2 aromatic heterocycles. The van der Waals surface area contributed by atoms with Gasteiger partial charge in [-0.2, -0.15) is 5.10 Å². The average Bonchev–Trinajstić information content (AvgIpc) is 2.98. The first-order valence-electron chi connectivity index (χ1n) is 5.89. The Morgan fingerprint density at radius 1 is 1.35 bits per heavy atom. The van der Waals surface area contributed by atoms with Crippen LogP contribution in [0.25, 0.3) is 0 Å². The Labute approximate surface area is 99.9 Å². The van der Waals surface area contributed by atoms with Crippen LogP contribution in [0, 0.1) is 6.92 Å². The predicted molar refractivity (Wildman–Crippen MR) is 64.7 cm³/mol. The van der Waals surface area contributed by atoms with Gasteiger partial charge in [-0.1, -0.05) is 0 Å². The van der Waals surface area contributed by atoms with Crippen LogP contribution >= 0.6 is 0 Å². The Hall–Kier alpha value is -1.91. The zero-order valence-corrected chi connectivity index (χ0v) is 9.80. The number of nitrogens with zero attached hydrogens (tertiary/aromatic N) is 4. The van der Waals surface area contributed by atoms with E-state index in [1.807, 2.05) is 12.4 Å². The highest BCUT2D eigenvalue weighted by Crippen LogP contribution is 2.34. The van der Waals surface area contributed by atoms with Gasteiger partial charge in [0.25, 0.3) is 0 Å². The Kier molecular flexibility index (Phi) is 2.51. The van der Waals surface area contributed by atoms with E-state index < -0.39 is 0 Å². The first-order valence-corrected chi connectivity index (χ1v) is 5.89. The van der Waals surface area contributed by atoms with Gasteiger partial charge in [-0.25, -0.2) is 4.98 Å². The van der Waals surface area contributed by atoms with Crippen LogP contribution in [0.15, 0.2) is 24.8 Å². The lowest BCUT2D eigenvalue weighted by molar-refractivity contribution is 0.678. The predicted octanol–water partition coefficient (Wildman–Crippen LogP) is 1.85. The van der Waals surface area contributed by atoms with Gasteiger partial charge in [0.1, 0.15) is 5.82 Å². The molecule has 1 fully saturated rings. The van der Waals surface area contributed by atoms with Gasteiger partial charge in [0.15, 0.2) is 0 Å². The van der Waals surface area contributed by atoms with Gasteiger partial charge < -0.3 is 4.90 Å². The summed E-state index contributed by atoms with van der Waals surface area (Å²) in [4.78, 5) is 10.8. The molecule has 0 amide bonds. The summed E-state index contributed by atoms with van der Waals surface area (Å²) in [6.07, 6.45) is 9.46. The maximum atomic E-state index is 4.38. The largest absolute Gasteiger partial charge is 0.347 e. The molecule has 0 bridgehead atoms. The first-order chi connectivity index (χ1) is 8.36. The molecule has 17 heavy (non-hydrogen) atoms. The van der Waals surface area contributed by atoms with E-state index in [-0.39, 0.29) is 0 Å². The van der Waals surface area contributed by atoms with Crippen LogP contribution in [0.2, 0.25) is 0 Å². The molecule has 1 aliphatic heterocycles. The lowest BCUT2D eigenvalue weighted by Crippen LogP contribution is -2.24. The summed E-state index contributed by atoms with van der Waals surface area (Å²) in [5, 5.41) is 7.21.